The van der Waals surface area contributed by atoms with Crippen molar-refractivity contribution in [1.29, 1.82) is 0 Å². The maximum Gasteiger partial charge on any atom is 0.126 e. The van der Waals surface area contributed by atoms with Crippen molar-refractivity contribution in [2.45, 2.75) is 45.6 Å². The standard InChI is InChI=1S/C16H23BrFN/c1-3-8-19-16-7-4-12(11(16)2)9-13-10-14(17)5-6-15(13)18/h5-6,10-12,16,19H,3-4,7-9H2,1-2H3. The Morgan fingerprint density at radius 2 is 2.16 bits per heavy atom. The Kier molecular flexibility index (Phi) is 5.40. The van der Waals surface area contributed by atoms with Crippen LogP contribution in [0.25, 0.3) is 0 Å². The summed E-state index contributed by atoms with van der Waals surface area (Å²) in [5, 5.41) is 3.62. The molecule has 3 atom stereocenters. The third-order valence-electron chi connectivity index (χ3n) is 4.37. The number of nitrogens with one attached hydrogen (secondary N) is 1. The first-order valence-electron chi connectivity index (χ1n) is 7.29. The molecule has 106 valence electrons. The van der Waals surface area contributed by atoms with Crippen LogP contribution in [0.2, 0.25) is 0 Å². The zero-order valence-electron chi connectivity index (χ0n) is 11.8. The zero-order chi connectivity index (χ0) is 13.8. The Balaban J connectivity index is 1.98. The highest BCUT2D eigenvalue weighted by Crippen LogP contribution is 2.35. The molecule has 0 heterocycles. The summed E-state index contributed by atoms with van der Waals surface area (Å²) in [6.45, 7) is 5.59. The molecule has 0 radical (unpaired) electrons. The van der Waals surface area contributed by atoms with Gasteiger partial charge in [-0.2, -0.15) is 0 Å². The summed E-state index contributed by atoms with van der Waals surface area (Å²) in [5.74, 6) is 1.16. The SMILES string of the molecule is CCCNC1CCC(Cc2cc(Br)ccc2F)C1C. The van der Waals surface area contributed by atoms with Crippen LogP contribution in [0.3, 0.4) is 0 Å². The molecule has 0 amide bonds. The number of rotatable bonds is 5. The van der Waals surface area contributed by atoms with Crippen LogP contribution >= 0.6 is 15.9 Å². The Hall–Kier alpha value is -0.410. The summed E-state index contributed by atoms with van der Waals surface area (Å²) in [6, 6.07) is 5.86. The van der Waals surface area contributed by atoms with Crippen LogP contribution < -0.4 is 5.32 Å². The minimum Gasteiger partial charge on any atom is -0.314 e. The normalized spacial score (nSPS) is 26.8. The van der Waals surface area contributed by atoms with Gasteiger partial charge in [0.05, 0.1) is 0 Å². The van der Waals surface area contributed by atoms with Gasteiger partial charge >= 0.3 is 0 Å². The molecule has 1 N–H and O–H groups in total. The van der Waals surface area contributed by atoms with Crippen molar-refractivity contribution < 1.29 is 4.39 Å². The monoisotopic (exact) mass is 327 g/mol. The van der Waals surface area contributed by atoms with Crippen molar-refractivity contribution >= 4 is 15.9 Å². The van der Waals surface area contributed by atoms with Crippen LogP contribution in [0.5, 0.6) is 0 Å². The van der Waals surface area contributed by atoms with Crippen molar-refractivity contribution in [3.05, 3.63) is 34.1 Å². The van der Waals surface area contributed by atoms with E-state index in [1.807, 2.05) is 6.07 Å². The maximum atomic E-state index is 13.8. The Morgan fingerprint density at radius 1 is 1.37 bits per heavy atom. The van der Waals surface area contributed by atoms with Gasteiger partial charge in [0.15, 0.2) is 0 Å². The molecular weight excluding hydrogens is 305 g/mol. The lowest BCUT2D eigenvalue weighted by Crippen LogP contribution is -2.33. The van der Waals surface area contributed by atoms with Gasteiger partial charge in [0.25, 0.3) is 0 Å². The van der Waals surface area contributed by atoms with Gasteiger partial charge in [-0.1, -0.05) is 29.8 Å². The van der Waals surface area contributed by atoms with Crippen LogP contribution in [0.4, 0.5) is 4.39 Å². The highest BCUT2D eigenvalue weighted by molar-refractivity contribution is 9.10. The number of hydrogen-bond donors (Lipinski definition) is 1. The minimum atomic E-state index is -0.0691. The first-order valence-corrected chi connectivity index (χ1v) is 8.08. The predicted octanol–water partition coefficient (Wildman–Crippen LogP) is 4.55. The number of hydrogen-bond acceptors (Lipinski definition) is 1. The zero-order valence-corrected chi connectivity index (χ0v) is 13.3. The fraction of sp³-hybridized carbons (Fsp3) is 0.625. The van der Waals surface area contributed by atoms with Crippen LogP contribution in [0, 0.1) is 17.7 Å². The predicted molar refractivity (Wildman–Crippen MR) is 81.8 cm³/mol. The molecule has 2 rings (SSSR count). The molecule has 3 heteroatoms. The van der Waals surface area contributed by atoms with Crippen LogP contribution in [-0.2, 0) is 6.42 Å². The molecule has 1 aromatic rings. The molecule has 1 nitrogen and oxygen atoms in total. The molecule has 1 fully saturated rings. The Bertz CT molecular complexity index is 421. The van der Waals surface area contributed by atoms with Crippen molar-refractivity contribution in [2.75, 3.05) is 6.54 Å². The van der Waals surface area contributed by atoms with Gasteiger partial charge < -0.3 is 5.32 Å². The van der Waals surface area contributed by atoms with Gasteiger partial charge in [-0.3, -0.25) is 0 Å². The van der Waals surface area contributed by atoms with Crippen molar-refractivity contribution in [1.82, 2.24) is 5.32 Å². The van der Waals surface area contributed by atoms with E-state index < -0.39 is 0 Å². The topological polar surface area (TPSA) is 12.0 Å². The Morgan fingerprint density at radius 3 is 2.89 bits per heavy atom. The number of halogens is 2. The van der Waals surface area contributed by atoms with Gasteiger partial charge in [-0.05, 0) is 67.8 Å². The van der Waals surface area contributed by atoms with Crippen LogP contribution in [0.15, 0.2) is 22.7 Å². The van der Waals surface area contributed by atoms with Crippen molar-refractivity contribution in [3.8, 4) is 0 Å². The first-order chi connectivity index (χ1) is 9.11. The molecule has 0 spiro atoms. The molecule has 0 aromatic heterocycles. The summed E-state index contributed by atoms with van der Waals surface area (Å²) in [7, 11) is 0. The lowest BCUT2D eigenvalue weighted by atomic mass is 9.89. The van der Waals surface area contributed by atoms with E-state index >= 15 is 0 Å². The molecular formula is C16H23BrFN. The van der Waals surface area contributed by atoms with Crippen molar-refractivity contribution in [2.24, 2.45) is 11.8 Å². The van der Waals surface area contributed by atoms with E-state index in [0.29, 0.717) is 17.9 Å². The summed E-state index contributed by atoms with van der Waals surface area (Å²) in [6.07, 6.45) is 4.46. The Labute approximate surface area is 124 Å². The largest absolute Gasteiger partial charge is 0.314 e. The van der Waals surface area contributed by atoms with E-state index in [1.165, 1.54) is 19.3 Å². The highest BCUT2D eigenvalue weighted by atomic mass is 79.9. The first kappa shape index (κ1) is 15.0. The third-order valence-corrected chi connectivity index (χ3v) is 4.87. The summed E-state index contributed by atoms with van der Waals surface area (Å²) in [4.78, 5) is 0. The molecule has 3 unspecified atom stereocenters. The van der Waals surface area contributed by atoms with Gasteiger partial charge in [-0.25, -0.2) is 4.39 Å². The van der Waals surface area contributed by atoms with E-state index in [-0.39, 0.29) is 5.82 Å². The van der Waals surface area contributed by atoms with Gasteiger partial charge in [0.2, 0.25) is 0 Å². The second-order valence-electron chi connectivity index (χ2n) is 5.70. The summed E-state index contributed by atoms with van der Waals surface area (Å²) < 4.78 is 14.8. The van der Waals surface area contributed by atoms with E-state index in [9.17, 15) is 4.39 Å². The molecule has 19 heavy (non-hydrogen) atoms. The van der Waals surface area contributed by atoms with Crippen molar-refractivity contribution in [3.63, 3.8) is 0 Å². The summed E-state index contributed by atoms with van der Waals surface area (Å²) >= 11 is 3.43. The lowest BCUT2D eigenvalue weighted by Gasteiger charge is -2.22. The third kappa shape index (κ3) is 3.79. The van der Waals surface area contributed by atoms with Crippen LogP contribution in [-0.4, -0.2) is 12.6 Å². The lowest BCUT2D eigenvalue weighted by molar-refractivity contribution is 0.348. The second-order valence-corrected chi connectivity index (χ2v) is 6.61. The highest BCUT2D eigenvalue weighted by Gasteiger charge is 2.32. The van der Waals surface area contributed by atoms with Crippen LogP contribution in [0.1, 0.15) is 38.7 Å². The number of benzene rings is 1. The smallest absolute Gasteiger partial charge is 0.126 e. The average molecular weight is 328 g/mol. The summed E-state index contributed by atoms with van der Waals surface area (Å²) in [5.41, 5.74) is 0.849. The van der Waals surface area contributed by atoms with Gasteiger partial charge in [0.1, 0.15) is 5.82 Å². The van der Waals surface area contributed by atoms with E-state index in [2.05, 4.69) is 35.1 Å². The fourth-order valence-corrected chi connectivity index (χ4v) is 3.54. The van der Waals surface area contributed by atoms with E-state index in [4.69, 9.17) is 0 Å². The fourth-order valence-electron chi connectivity index (χ4n) is 3.14. The van der Waals surface area contributed by atoms with E-state index in [0.717, 1.165) is 23.0 Å². The van der Waals surface area contributed by atoms with E-state index in [1.54, 1.807) is 12.1 Å². The molecule has 0 bridgehead atoms. The molecule has 1 aromatic carbocycles. The van der Waals surface area contributed by atoms with Gasteiger partial charge in [-0.15, -0.1) is 0 Å². The quantitative estimate of drug-likeness (QED) is 0.836. The molecule has 1 aliphatic rings. The molecule has 0 aliphatic heterocycles. The second kappa shape index (κ2) is 6.85. The maximum absolute atomic E-state index is 13.8. The average Bonchev–Trinajstić information content (AvgIpc) is 2.73. The molecule has 0 saturated heterocycles. The molecule has 1 saturated carbocycles. The molecule has 1 aliphatic carbocycles. The van der Waals surface area contributed by atoms with Gasteiger partial charge in [0, 0.05) is 10.5 Å². The minimum absolute atomic E-state index is 0.0691.